The molecule has 1 fully saturated rings. The zero-order valence-electron chi connectivity index (χ0n) is 18.7. The Balaban J connectivity index is 1.48. The van der Waals surface area contributed by atoms with Crippen molar-refractivity contribution >= 4 is 32.7 Å². The van der Waals surface area contributed by atoms with Gasteiger partial charge in [-0.1, -0.05) is 5.16 Å². The number of rotatable bonds is 4. The molecule has 1 amide bonds. The Bertz CT molecular complexity index is 1460. The molecular formula is C20H24N6O6S. The molecule has 0 saturated carbocycles. The SMILES string of the molecule is Cc1noc(C)c1S(=O)(=O)N1CCC(C(=O)Nc2cnc3c(c2)c(=O)n(C)c(=O)n3C)CC1. The molecule has 13 heteroatoms. The smallest absolute Gasteiger partial charge is 0.332 e. The Kier molecular flexibility index (Phi) is 5.70. The summed E-state index contributed by atoms with van der Waals surface area (Å²) < 4.78 is 34.5. The molecular weight excluding hydrogens is 452 g/mol. The number of fused-ring (bicyclic) bond motifs is 1. The standard InChI is InChI=1S/C20H24N6O6S/c1-11-16(12(2)32-23-11)33(30,31)26-7-5-13(6-8-26)18(27)22-14-9-15-17(21-10-14)24(3)20(29)25(4)19(15)28/h9-10,13H,5-8H2,1-4H3,(H,22,27). The molecule has 4 rings (SSSR count). The fraction of sp³-hybridized carbons (Fsp3) is 0.450. The third-order valence-electron chi connectivity index (χ3n) is 5.95. The molecule has 0 aliphatic carbocycles. The maximum atomic E-state index is 13.0. The number of hydrogen-bond donors (Lipinski definition) is 1. The fourth-order valence-electron chi connectivity index (χ4n) is 4.11. The molecule has 0 bridgehead atoms. The lowest BCUT2D eigenvalue weighted by atomic mass is 9.97. The van der Waals surface area contributed by atoms with Crippen molar-refractivity contribution in [1.29, 1.82) is 0 Å². The van der Waals surface area contributed by atoms with E-state index in [0.717, 1.165) is 4.57 Å². The monoisotopic (exact) mass is 476 g/mol. The van der Waals surface area contributed by atoms with E-state index in [2.05, 4.69) is 15.5 Å². The summed E-state index contributed by atoms with van der Waals surface area (Å²) >= 11 is 0. The Hall–Kier alpha value is -3.32. The van der Waals surface area contributed by atoms with Crippen LogP contribution in [-0.2, 0) is 28.9 Å². The van der Waals surface area contributed by atoms with Crippen LogP contribution in [0.4, 0.5) is 5.69 Å². The highest BCUT2D eigenvalue weighted by molar-refractivity contribution is 7.89. The summed E-state index contributed by atoms with van der Waals surface area (Å²) in [6.45, 7) is 3.49. The van der Waals surface area contributed by atoms with E-state index in [1.807, 2.05) is 0 Å². The number of aromatic nitrogens is 4. The molecule has 1 saturated heterocycles. The largest absolute Gasteiger partial charge is 0.360 e. The van der Waals surface area contributed by atoms with Crippen LogP contribution in [0.25, 0.3) is 11.0 Å². The van der Waals surface area contributed by atoms with Gasteiger partial charge < -0.3 is 9.84 Å². The van der Waals surface area contributed by atoms with E-state index < -0.39 is 27.2 Å². The first kappa shape index (κ1) is 22.9. The first-order valence-corrected chi connectivity index (χ1v) is 11.8. The van der Waals surface area contributed by atoms with Gasteiger partial charge in [0.05, 0.1) is 17.3 Å². The van der Waals surface area contributed by atoms with Crippen LogP contribution in [-0.4, -0.2) is 51.0 Å². The van der Waals surface area contributed by atoms with Gasteiger partial charge in [0, 0.05) is 33.1 Å². The number of sulfonamides is 1. The molecule has 1 aliphatic rings. The maximum Gasteiger partial charge on any atom is 0.332 e. The minimum Gasteiger partial charge on any atom is -0.360 e. The van der Waals surface area contributed by atoms with E-state index in [9.17, 15) is 22.8 Å². The quantitative estimate of drug-likeness (QED) is 0.564. The molecule has 3 aromatic heterocycles. The van der Waals surface area contributed by atoms with Crippen LogP contribution >= 0.6 is 0 Å². The lowest BCUT2D eigenvalue weighted by Crippen LogP contribution is -2.41. The summed E-state index contributed by atoms with van der Waals surface area (Å²) in [7, 11) is -0.870. The van der Waals surface area contributed by atoms with Gasteiger partial charge in [-0.2, -0.15) is 4.31 Å². The third kappa shape index (κ3) is 3.86. The van der Waals surface area contributed by atoms with Crippen LogP contribution in [0.3, 0.4) is 0 Å². The average molecular weight is 477 g/mol. The molecule has 0 unspecified atom stereocenters. The molecule has 0 atom stereocenters. The second-order valence-electron chi connectivity index (χ2n) is 8.12. The Labute approximate surface area is 188 Å². The Morgan fingerprint density at radius 3 is 2.42 bits per heavy atom. The average Bonchev–Trinajstić information content (AvgIpc) is 3.14. The van der Waals surface area contributed by atoms with Gasteiger partial charge in [-0.05, 0) is 32.8 Å². The fourth-order valence-corrected chi connectivity index (χ4v) is 5.87. The number of piperidine rings is 1. The van der Waals surface area contributed by atoms with Gasteiger partial charge in [0.25, 0.3) is 5.56 Å². The Morgan fingerprint density at radius 1 is 1.15 bits per heavy atom. The summed E-state index contributed by atoms with van der Waals surface area (Å²) in [5, 5.41) is 6.68. The van der Waals surface area contributed by atoms with Gasteiger partial charge in [-0.3, -0.25) is 18.7 Å². The number of amides is 1. The third-order valence-corrected chi connectivity index (χ3v) is 8.10. The van der Waals surface area contributed by atoms with Crippen molar-refractivity contribution in [3.63, 3.8) is 0 Å². The first-order valence-electron chi connectivity index (χ1n) is 10.3. The maximum absolute atomic E-state index is 13.0. The van der Waals surface area contributed by atoms with Gasteiger partial charge >= 0.3 is 5.69 Å². The van der Waals surface area contributed by atoms with Crippen molar-refractivity contribution in [3.05, 3.63) is 44.6 Å². The van der Waals surface area contributed by atoms with E-state index in [1.165, 1.54) is 35.2 Å². The summed E-state index contributed by atoms with van der Waals surface area (Å²) in [5.41, 5.74) is -0.141. The van der Waals surface area contributed by atoms with Gasteiger partial charge in [0.2, 0.25) is 15.9 Å². The van der Waals surface area contributed by atoms with Crippen molar-refractivity contribution < 1.29 is 17.7 Å². The number of carbonyl (C=O) groups excluding carboxylic acids is 1. The Morgan fingerprint density at radius 2 is 1.82 bits per heavy atom. The minimum atomic E-state index is -3.76. The highest BCUT2D eigenvalue weighted by Crippen LogP contribution is 2.28. The molecule has 1 aliphatic heterocycles. The lowest BCUT2D eigenvalue weighted by molar-refractivity contribution is -0.120. The molecule has 0 aromatic carbocycles. The summed E-state index contributed by atoms with van der Waals surface area (Å²) in [5.74, 6) is -0.452. The van der Waals surface area contributed by atoms with E-state index in [1.54, 1.807) is 13.8 Å². The summed E-state index contributed by atoms with van der Waals surface area (Å²) in [6, 6.07) is 1.49. The topological polar surface area (TPSA) is 149 Å². The second kappa shape index (κ2) is 8.23. The van der Waals surface area contributed by atoms with E-state index in [-0.39, 0.29) is 40.7 Å². The number of nitrogens with zero attached hydrogens (tertiary/aromatic N) is 5. The molecule has 4 heterocycles. The minimum absolute atomic E-state index is 0.0728. The van der Waals surface area contributed by atoms with E-state index in [4.69, 9.17) is 4.52 Å². The number of pyridine rings is 1. The molecule has 33 heavy (non-hydrogen) atoms. The van der Waals surface area contributed by atoms with Gasteiger partial charge in [-0.15, -0.1) is 0 Å². The molecule has 12 nitrogen and oxygen atoms in total. The predicted molar refractivity (Wildman–Crippen MR) is 118 cm³/mol. The molecule has 0 radical (unpaired) electrons. The van der Waals surface area contributed by atoms with Crippen LogP contribution in [0.5, 0.6) is 0 Å². The zero-order valence-corrected chi connectivity index (χ0v) is 19.5. The molecule has 176 valence electrons. The lowest BCUT2D eigenvalue weighted by Gasteiger charge is -2.30. The summed E-state index contributed by atoms with van der Waals surface area (Å²) in [6.07, 6.45) is 2.06. The van der Waals surface area contributed by atoms with Crippen LogP contribution in [0.1, 0.15) is 24.3 Å². The normalized spacial score (nSPS) is 15.8. The highest BCUT2D eigenvalue weighted by Gasteiger charge is 2.35. The van der Waals surface area contributed by atoms with Crippen LogP contribution in [0.15, 0.2) is 31.3 Å². The second-order valence-corrected chi connectivity index (χ2v) is 10.00. The van der Waals surface area contributed by atoms with Crippen molar-refractivity contribution in [3.8, 4) is 0 Å². The number of anilines is 1. The van der Waals surface area contributed by atoms with Crippen LogP contribution < -0.4 is 16.6 Å². The molecule has 3 aromatic rings. The van der Waals surface area contributed by atoms with E-state index in [0.29, 0.717) is 24.2 Å². The van der Waals surface area contributed by atoms with Gasteiger partial charge in [0.15, 0.2) is 5.76 Å². The number of aryl methyl sites for hydroxylation is 3. The van der Waals surface area contributed by atoms with Gasteiger partial charge in [-0.25, -0.2) is 18.2 Å². The number of nitrogens with one attached hydrogen (secondary N) is 1. The highest BCUT2D eigenvalue weighted by atomic mass is 32.2. The predicted octanol–water partition coefficient (Wildman–Crippen LogP) is 0.276. The first-order chi connectivity index (χ1) is 15.5. The number of hydrogen-bond acceptors (Lipinski definition) is 8. The molecule has 1 N–H and O–H groups in total. The summed E-state index contributed by atoms with van der Waals surface area (Å²) in [4.78, 5) is 41.5. The zero-order chi connectivity index (χ0) is 24.1. The van der Waals surface area contributed by atoms with Crippen LogP contribution in [0.2, 0.25) is 0 Å². The van der Waals surface area contributed by atoms with Crippen LogP contribution in [0, 0.1) is 19.8 Å². The van der Waals surface area contributed by atoms with Crippen molar-refractivity contribution in [1.82, 2.24) is 23.6 Å². The van der Waals surface area contributed by atoms with Crippen molar-refractivity contribution in [2.24, 2.45) is 20.0 Å². The molecule has 0 spiro atoms. The van der Waals surface area contributed by atoms with Gasteiger partial charge in [0.1, 0.15) is 16.2 Å². The van der Waals surface area contributed by atoms with Crippen molar-refractivity contribution in [2.75, 3.05) is 18.4 Å². The van der Waals surface area contributed by atoms with Crippen molar-refractivity contribution in [2.45, 2.75) is 31.6 Å². The number of carbonyl (C=O) groups is 1. The van der Waals surface area contributed by atoms with E-state index >= 15 is 0 Å².